The highest BCUT2D eigenvalue weighted by atomic mass is 16.5. The van der Waals surface area contributed by atoms with Crippen LogP contribution in [0.25, 0.3) is 6.08 Å². The van der Waals surface area contributed by atoms with Gasteiger partial charge in [0.1, 0.15) is 5.75 Å². The first-order valence-electron chi connectivity index (χ1n) is 6.41. The fraction of sp³-hybridized carbons (Fsp3) is 0.0588. The van der Waals surface area contributed by atoms with Crippen molar-refractivity contribution in [2.45, 2.75) is 0 Å². The first-order chi connectivity index (χ1) is 10.2. The van der Waals surface area contributed by atoms with Gasteiger partial charge in [-0.25, -0.2) is 0 Å². The van der Waals surface area contributed by atoms with E-state index in [1.165, 1.54) is 6.08 Å². The molecule has 0 bridgehead atoms. The highest BCUT2D eigenvalue weighted by Gasteiger charge is 2.08. The van der Waals surface area contributed by atoms with Crippen LogP contribution in [0.4, 0.5) is 0 Å². The first kappa shape index (κ1) is 14.5. The first-order valence-corrected chi connectivity index (χ1v) is 6.41. The molecule has 0 aliphatic rings. The number of rotatable bonds is 4. The van der Waals surface area contributed by atoms with E-state index >= 15 is 0 Å². The highest BCUT2D eigenvalue weighted by Crippen LogP contribution is 2.11. The van der Waals surface area contributed by atoms with Gasteiger partial charge in [-0.05, 0) is 35.9 Å². The number of carbonyl (C=O) groups is 2. The van der Waals surface area contributed by atoms with Crippen molar-refractivity contribution in [3.05, 3.63) is 71.8 Å². The van der Waals surface area contributed by atoms with E-state index in [0.717, 1.165) is 5.56 Å². The monoisotopic (exact) mass is 281 g/mol. The molecule has 21 heavy (non-hydrogen) atoms. The molecule has 2 aromatic rings. The molecule has 0 aliphatic carbocycles. The Morgan fingerprint density at radius 3 is 2.29 bits per heavy atom. The Bertz CT molecular complexity index is 645. The number of nitrogens with one attached hydrogen (secondary N) is 1. The van der Waals surface area contributed by atoms with Crippen molar-refractivity contribution >= 4 is 17.9 Å². The van der Waals surface area contributed by atoms with Gasteiger partial charge in [-0.15, -0.1) is 0 Å². The van der Waals surface area contributed by atoms with E-state index in [1.807, 2.05) is 30.3 Å². The smallest absolute Gasteiger partial charge is 0.258 e. The van der Waals surface area contributed by atoms with Crippen molar-refractivity contribution < 1.29 is 14.3 Å². The number of carbonyl (C=O) groups excluding carboxylic acids is 2. The number of hydrogen-bond acceptors (Lipinski definition) is 3. The van der Waals surface area contributed by atoms with Gasteiger partial charge < -0.3 is 4.74 Å². The molecule has 1 N–H and O–H groups in total. The van der Waals surface area contributed by atoms with E-state index in [0.29, 0.717) is 11.3 Å². The molecule has 0 heterocycles. The van der Waals surface area contributed by atoms with Crippen LogP contribution in [0.2, 0.25) is 0 Å². The summed E-state index contributed by atoms with van der Waals surface area (Å²) in [6.07, 6.45) is 2.98. The number of ether oxygens (including phenoxy) is 1. The van der Waals surface area contributed by atoms with Gasteiger partial charge >= 0.3 is 0 Å². The van der Waals surface area contributed by atoms with E-state index in [9.17, 15) is 9.59 Å². The minimum atomic E-state index is -0.459. The quantitative estimate of drug-likeness (QED) is 0.877. The van der Waals surface area contributed by atoms with Crippen LogP contribution in [0.5, 0.6) is 5.75 Å². The summed E-state index contributed by atoms with van der Waals surface area (Å²) in [6, 6.07) is 15.9. The molecule has 0 saturated heterocycles. The lowest BCUT2D eigenvalue weighted by atomic mass is 10.2. The SMILES string of the molecule is COc1ccc(C(=O)NC(=O)/C=C/c2ccccc2)cc1. The molecule has 106 valence electrons. The van der Waals surface area contributed by atoms with Crippen LogP contribution in [-0.4, -0.2) is 18.9 Å². The summed E-state index contributed by atoms with van der Waals surface area (Å²) >= 11 is 0. The molecule has 4 nitrogen and oxygen atoms in total. The summed E-state index contributed by atoms with van der Waals surface area (Å²) in [5.74, 6) is -0.248. The van der Waals surface area contributed by atoms with Crippen molar-refractivity contribution in [3.8, 4) is 5.75 Å². The largest absolute Gasteiger partial charge is 0.497 e. The molecule has 0 aromatic heterocycles. The Kier molecular flexibility index (Phi) is 4.88. The molecule has 2 rings (SSSR count). The minimum absolute atomic E-state index is 0.400. The third-order valence-electron chi connectivity index (χ3n) is 2.82. The van der Waals surface area contributed by atoms with E-state index in [1.54, 1.807) is 37.5 Å². The van der Waals surface area contributed by atoms with Gasteiger partial charge in [0, 0.05) is 11.6 Å². The lowest BCUT2D eigenvalue weighted by Gasteiger charge is -2.03. The summed E-state index contributed by atoms with van der Waals surface area (Å²) in [5, 5.41) is 2.30. The second-order valence-electron chi connectivity index (χ2n) is 4.29. The fourth-order valence-corrected chi connectivity index (χ4v) is 1.70. The maximum Gasteiger partial charge on any atom is 0.258 e. The minimum Gasteiger partial charge on any atom is -0.497 e. The number of methoxy groups -OCH3 is 1. The second-order valence-corrected chi connectivity index (χ2v) is 4.29. The molecule has 0 aliphatic heterocycles. The molecule has 2 amide bonds. The number of amides is 2. The third kappa shape index (κ3) is 4.31. The maximum absolute atomic E-state index is 11.9. The van der Waals surface area contributed by atoms with Crippen LogP contribution in [0.3, 0.4) is 0 Å². The number of hydrogen-bond donors (Lipinski definition) is 1. The van der Waals surface area contributed by atoms with Crippen molar-refractivity contribution in [1.82, 2.24) is 5.32 Å². The van der Waals surface area contributed by atoms with Crippen LogP contribution in [0.15, 0.2) is 60.7 Å². The number of imide groups is 1. The predicted octanol–water partition coefficient (Wildman–Crippen LogP) is 2.67. The van der Waals surface area contributed by atoms with Crippen LogP contribution < -0.4 is 10.1 Å². The average Bonchev–Trinajstić information content (AvgIpc) is 2.54. The van der Waals surface area contributed by atoms with Gasteiger partial charge in [0.25, 0.3) is 11.8 Å². The lowest BCUT2D eigenvalue weighted by Crippen LogP contribution is -2.28. The summed E-state index contributed by atoms with van der Waals surface area (Å²) in [5.41, 5.74) is 1.29. The summed E-state index contributed by atoms with van der Waals surface area (Å²) < 4.78 is 5.01. The van der Waals surface area contributed by atoms with Gasteiger partial charge in [-0.2, -0.15) is 0 Å². The third-order valence-corrected chi connectivity index (χ3v) is 2.82. The van der Waals surface area contributed by atoms with Crippen molar-refractivity contribution in [3.63, 3.8) is 0 Å². The molecule has 4 heteroatoms. The Morgan fingerprint density at radius 1 is 1.00 bits per heavy atom. The zero-order valence-corrected chi connectivity index (χ0v) is 11.6. The van der Waals surface area contributed by atoms with Crippen molar-refractivity contribution in [1.29, 1.82) is 0 Å². The topological polar surface area (TPSA) is 55.4 Å². The van der Waals surface area contributed by atoms with Crippen molar-refractivity contribution in [2.75, 3.05) is 7.11 Å². The predicted molar refractivity (Wildman–Crippen MR) is 80.9 cm³/mol. The highest BCUT2D eigenvalue weighted by molar-refractivity contribution is 6.09. The van der Waals surface area contributed by atoms with Crippen LogP contribution in [0.1, 0.15) is 15.9 Å². The maximum atomic E-state index is 11.9. The molecule has 0 unspecified atom stereocenters. The Labute approximate surface area is 123 Å². The van der Waals surface area contributed by atoms with Gasteiger partial charge in [0.2, 0.25) is 0 Å². The Hall–Kier alpha value is -2.88. The summed E-state index contributed by atoms with van der Waals surface area (Å²) in [6.45, 7) is 0. The Morgan fingerprint density at radius 2 is 1.67 bits per heavy atom. The van der Waals surface area contributed by atoms with Crippen LogP contribution in [-0.2, 0) is 4.79 Å². The normalized spacial score (nSPS) is 10.3. The molecule has 0 saturated carbocycles. The molecular weight excluding hydrogens is 266 g/mol. The van der Waals surface area contributed by atoms with E-state index < -0.39 is 11.8 Å². The second kappa shape index (κ2) is 7.05. The average molecular weight is 281 g/mol. The van der Waals surface area contributed by atoms with Gasteiger partial charge in [0.05, 0.1) is 7.11 Å². The molecule has 0 fully saturated rings. The van der Waals surface area contributed by atoms with Gasteiger partial charge in [-0.1, -0.05) is 30.3 Å². The summed E-state index contributed by atoms with van der Waals surface area (Å²) in [7, 11) is 1.55. The molecule has 0 radical (unpaired) electrons. The van der Waals surface area contributed by atoms with E-state index in [4.69, 9.17) is 4.74 Å². The van der Waals surface area contributed by atoms with Crippen LogP contribution in [0, 0.1) is 0 Å². The summed E-state index contributed by atoms with van der Waals surface area (Å²) in [4.78, 5) is 23.5. The fourth-order valence-electron chi connectivity index (χ4n) is 1.70. The lowest BCUT2D eigenvalue weighted by molar-refractivity contribution is -0.115. The zero-order chi connectivity index (χ0) is 15.1. The molecule has 0 atom stereocenters. The molecule has 0 spiro atoms. The van der Waals surface area contributed by atoms with E-state index in [-0.39, 0.29) is 0 Å². The van der Waals surface area contributed by atoms with Crippen LogP contribution >= 0.6 is 0 Å². The van der Waals surface area contributed by atoms with Gasteiger partial charge in [0.15, 0.2) is 0 Å². The standard InChI is InChI=1S/C17H15NO3/c1-21-15-10-8-14(9-11-15)17(20)18-16(19)12-7-13-5-3-2-4-6-13/h2-12H,1H3,(H,18,19,20)/b12-7+. The van der Waals surface area contributed by atoms with Gasteiger partial charge in [-0.3, -0.25) is 14.9 Å². The Balaban J connectivity index is 1.95. The van der Waals surface area contributed by atoms with Crippen molar-refractivity contribution in [2.24, 2.45) is 0 Å². The molecule has 2 aromatic carbocycles. The number of benzene rings is 2. The zero-order valence-electron chi connectivity index (χ0n) is 11.6. The molecular formula is C17H15NO3. The van der Waals surface area contributed by atoms with E-state index in [2.05, 4.69) is 5.32 Å².